The van der Waals surface area contributed by atoms with E-state index in [2.05, 4.69) is 15.8 Å². The van der Waals surface area contributed by atoms with E-state index in [4.69, 9.17) is 27.7 Å². The molecule has 0 spiro atoms. The zero-order valence-corrected chi connectivity index (χ0v) is 15.6. The maximum absolute atomic E-state index is 13.3. The fourth-order valence-corrected chi connectivity index (χ4v) is 4.02. The quantitative estimate of drug-likeness (QED) is 0.645. The van der Waals surface area contributed by atoms with Crippen molar-refractivity contribution < 1.29 is 27.6 Å². The molecule has 2 unspecified atom stereocenters. The third-order valence-corrected chi connectivity index (χ3v) is 5.43. The highest BCUT2D eigenvalue weighted by Gasteiger charge is 2.60. The predicted molar refractivity (Wildman–Crippen MR) is 91.0 cm³/mol. The van der Waals surface area contributed by atoms with Crippen molar-refractivity contribution in [3.05, 3.63) is 39.4 Å². The summed E-state index contributed by atoms with van der Waals surface area (Å²) in [5, 5.41) is 17.8. The predicted octanol–water partition coefficient (Wildman–Crippen LogP) is 3.63. The molecule has 6 nitrogen and oxygen atoms in total. The van der Waals surface area contributed by atoms with Crippen molar-refractivity contribution in [2.24, 2.45) is 0 Å². The third kappa shape index (κ3) is 3.68. The summed E-state index contributed by atoms with van der Waals surface area (Å²) in [6.45, 7) is 1.79. The van der Waals surface area contributed by atoms with Crippen LogP contribution in [0.4, 0.5) is 18.0 Å². The van der Waals surface area contributed by atoms with Gasteiger partial charge in [-0.05, 0) is 37.3 Å². The molecule has 1 aromatic heterocycles. The zero-order valence-electron chi connectivity index (χ0n) is 14.1. The average molecular weight is 426 g/mol. The Hall–Kier alpha value is -1.71. The molecule has 27 heavy (non-hydrogen) atoms. The first kappa shape index (κ1) is 20.0. The minimum absolute atomic E-state index is 0.0567. The normalized spacial score (nSPS) is 25.7. The second-order valence-corrected chi connectivity index (χ2v) is 7.36. The van der Waals surface area contributed by atoms with Crippen LogP contribution in [0.15, 0.2) is 32.5 Å². The molecule has 2 amide bonds. The number of aliphatic hydroxyl groups is 1. The van der Waals surface area contributed by atoms with Crippen LogP contribution in [-0.2, 0) is 6.54 Å². The Balaban J connectivity index is 1.76. The number of hydrogen-bond acceptors (Lipinski definition) is 4. The summed E-state index contributed by atoms with van der Waals surface area (Å²) in [5.74, 6) is 0.587. The molecule has 0 bridgehead atoms. The Morgan fingerprint density at radius 2 is 2.22 bits per heavy atom. The van der Waals surface area contributed by atoms with Gasteiger partial charge in [-0.3, -0.25) is 0 Å². The Labute approximate surface area is 162 Å². The molecular weight excluding hydrogens is 410 g/mol. The Bertz CT molecular complexity index is 834. The minimum atomic E-state index is -4.82. The van der Waals surface area contributed by atoms with Crippen LogP contribution in [0.25, 0.3) is 0 Å². The summed E-state index contributed by atoms with van der Waals surface area (Å²) in [7, 11) is 0. The van der Waals surface area contributed by atoms with Gasteiger partial charge < -0.3 is 20.3 Å². The van der Waals surface area contributed by atoms with Crippen LogP contribution in [0.3, 0.4) is 0 Å². The van der Waals surface area contributed by atoms with Gasteiger partial charge in [-0.1, -0.05) is 16.8 Å². The van der Waals surface area contributed by atoms with Crippen LogP contribution in [0.5, 0.6) is 0 Å². The van der Waals surface area contributed by atoms with Crippen molar-refractivity contribution in [3.63, 3.8) is 0 Å². The number of urea groups is 1. The van der Waals surface area contributed by atoms with Gasteiger partial charge in [0.25, 0.3) is 0 Å². The van der Waals surface area contributed by atoms with Crippen molar-refractivity contribution in [1.82, 2.24) is 15.8 Å². The summed E-state index contributed by atoms with van der Waals surface area (Å²) in [6, 6.07) is 1.01. The number of carbonyl (C=O) groups excluding carboxylic acids is 1. The summed E-state index contributed by atoms with van der Waals surface area (Å²) in [6.07, 6.45) is -5.66. The van der Waals surface area contributed by atoms with Crippen molar-refractivity contribution in [2.45, 2.75) is 49.9 Å². The van der Waals surface area contributed by atoms with Gasteiger partial charge in [0.15, 0.2) is 5.60 Å². The molecule has 0 aromatic carbocycles. The van der Waals surface area contributed by atoms with E-state index in [1.807, 2.05) is 0 Å². The van der Waals surface area contributed by atoms with Crippen LogP contribution in [0.2, 0.25) is 0 Å². The fraction of sp³-hybridized carbons (Fsp3) is 0.500. The number of hydrogen-bond donors (Lipinski definition) is 3. The van der Waals surface area contributed by atoms with Gasteiger partial charge in [0.05, 0.1) is 22.7 Å². The van der Waals surface area contributed by atoms with E-state index >= 15 is 0 Å². The standard InChI is InChI=1S/C16H16Cl2F3N3O3/c1-7-4-8(24-27-7)6-22-14(25)23-13-11(17)5-10-9(12(13)18)2-3-15(10,26)16(19,20)21/h4,11,26H,2-3,5-6H2,1H3,(H2,22,23,25). The summed E-state index contributed by atoms with van der Waals surface area (Å²) in [5.41, 5.74) is -2.38. The van der Waals surface area contributed by atoms with Gasteiger partial charge in [-0.15, -0.1) is 11.6 Å². The number of allylic oxidation sites excluding steroid dienone is 3. The van der Waals surface area contributed by atoms with Crippen LogP contribution in [-0.4, -0.2) is 33.4 Å². The molecule has 1 aromatic rings. The van der Waals surface area contributed by atoms with Gasteiger partial charge in [0, 0.05) is 6.07 Å². The van der Waals surface area contributed by atoms with E-state index < -0.39 is 29.6 Å². The first-order valence-corrected chi connectivity index (χ1v) is 8.87. The molecule has 11 heteroatoms. The van der Waals surface area contributed by atoms with Gasteiger partial charge in [0.1, 0.15) is 11.5 Å². The monoisotopic (exact) mass is 425 g/mol. The number of rotatable bonds is 3. The maximum Gasteiger partial charge on any atom is 0.421 e. The van der Waals surface area contributed by atoms with E-state index in [0.717, 1.165) is 0 Å². The molecule has 148 valence electrons. The molecule has 0 radical (unpaired) electrons. The number of aromatic nitrogens is 1. The number of amides is 2. The second-order valence-electron chi connectivity index (χ2n) is 6.45. The molecule has 0 aliphatic heterocycles. The highest BCUT2D eigenvalue weighted by atomic mass is 35.5. The molecule has 2 aliphatic rings. The molecule has 1 heterocycles. The summed E-state index contributed by atoms with van der Waals surface area (Å²) >= 11 is 12.4. The second kappa shape index (κ2) is 7.03. The van der Waals surface area contributed by atoms with Gasteiger partial charge >= 0.3 is 12.2 Å². The molecule has 0 fully saturated rings. The van der Waals surface area contributed by atoms with Crippen molar-refractivity contribution in [3.8, 4) is 0 Å². The topological polar surface area (TPSA) is 87.4 Å². The van der Waals surface area contributed by atoms with E-state index in [9.17, 15) is 23.1 Å². The van der Waals surface area contributed by atoms with E-state index in [0.29, 0.717) is 11.5 Å². The van der Waals surface area contributed by atoms with E-state index in [1.165, 1.54) is 0 Å². The van der Waals surface area contributed by atoms with Gasteiger partial charge in [0.2, 0.25) is 0 Å². The first-order chi connectivity index (χ1) is 12.5. The van der Waals surface area contributed by atoms with Crippen LogP contribution < -0.4 is 10.6 Å². The Morgan fingerprint density at radius 1 is 1.52 bits per heavy atom. The number of aryl methyl sites for hydroxylation is 1. The maximum atomic E-state index is 13.3. The Kier molecular flexibility index (Phi) is 5.22. The highest BCUT2D eigenvalue weighted by molar-refractivity contribution is 6.34. The Morgan fingerprint density at radius 3 is 2.81 bits per heavy atom. The highest BCUT2D eigenvalue weighted by Crippen LogP contribution is 2.53. The zero-order chi connectivity index (χ0) is 20.0. The molecule has 2 aliphatic carbocycles. The largest absolute Gasteiger partial charge is 0.421 e. The lowest BCUT2D eigenvalue weighted by Crippen LogP contribution is -2.46. The van der Waals surface area contributed by atoms with Crippen LogP contribution in [0, 0.1) is 6.92 Å². The van der Waals surface area contributed by atoms with Gasteiger partial charge in [-0.25, -0.2) is 4.79 Å². The molecule has 2 atom stereocenters. The summed E-state index contributed by atoms with van der Waals surface area (Å²) in [4.78, 5) is 12.1. The van der Waals surface area contributed by atoms with Crippen LogP contribution >= 0.6 is 23.2 Å². The molecule has 0 saturated carbocycles. The third-order valence-electron chi connectivity index (χ3n) is 4.62. The smallest absolute Gasteiger partial charge is 0.376 e. The molecule has 3 N–H and O–H groups in total. The lowest BCUT2D eigenvalue weighted by Gasteiger charge is -2.32. The van der Waals surface area contributed by atoms with Crippen molar-refractivity contribution >= 4 is 29.2 Å². The van der Waals surface area contributed by atoms with Crippen LogP contribution in [0.1, 0.15) is 30.7 Å². The number of halogens is 5. The number of nitrogens with zero attached hydrogens (tertiary/aromatic N) is 1. The molecule has 0 saturated heterocycles. The average Bonchev–Trinajstić information content (AvgIpc) is 3.14. The van der Waals surface area contributed by atoms with Gasteiger partial charge in [-0.2, -0.15) is 13.2 Å². The molecule has 3 rings (SSSR count). The number of nitrogens with one attached hydrogen (secondary N) is 2. The van der Waals surface area contributed by atoms with E-state index in [-0.39, 0.29) is 41.3 Å². The lowest BCUT2D eigenvalue weighted by molar-refractivity contribution is -0.244. The number of carbonyl (C=O) groups is 1. The lowest BCUT2D eigenvalue weighted by atomic mass is 9.87. The molecular formula is C16H16Cl2F3N3O3. The fourth-order valence-electron chi connectivity index (χ4n) is 3.26. The SMILES string of the molecule is Cc1cc(CNC(=O)NC2=C(Cl)C3=C(CC2Cl)C(O)(C(F)(F)F)CC3)no1. The minimum Gasteiger partial charge on any atom is -0.376 e. The first-order valence-electron chi connectivity index (χ1n) is 8.05. The van der Waals surface area contributed by atoms with Crippen molar-refractivity contribution in [1.29, 1.82) is 0 Å². The summed E-state index contributed by atoms with van der Waals surface area (Å²) < 4.78 is 44.7. The van der Waals surface area contributed by atoms with Crippen molar-refractivity contribution in [2.75, 3.05) is 0 Å². The van der Waals surface area contributed by atoms with E-state index in [1.54, 1.807) is 13.0 Å². The number of alkyl halides is 4.